The van der Waals surface area contributed by atoms with E-state index in [1.54, 1.807) is 17.0 Å². The molecule has 0 bridgehead atoms. The predicted octanol–water partition coefficient (Wildman–Crippen LogP) is 2.07. The van der Waals surface area contributed by atoms with E-state index in [-0.39, 0.29) is 42.3 Å². The number of amides is 3. The fraction of sp³-hybridized carbons (Fsp3) is 0.609. The van der Waals surface area contributed by atoms with Crippen molar-refractivity contribution >= 4 is 23.4 Å². The third kappa shape index (κ3) is 7.22. The number of carbonyl (C=O) groups is 3. The number of carbonyl (C=O) groups excluding carboxylic acids is 3. The van der Waals surface area contributed by atoms with Gasteiger partial charge in [-0.2, -0.15) is 0 Å². The van der Waals surface area contributed by atoms with Crippen molar-refractivity contribution in [1.82, 2.24) is 15.5 Å². The third-order valence-corrected chi connectivity index (χ3v) is 6.11. The lowest BCUT2D eigenvalue weighted by Crippen LogP contribution is -2.49. The summed E-state index contributed by atoms with van der Waals surface area (Å²) >= 11 is 0. The smallest absolute Gasteiger partial charge is 0.224 e. The van der Waals surface area contributed by atoms with E-state index >= 15 is 0 Å². The SMILES string of the molecule is O=C(CCNC(=O)C1CCCCC1)NCCC(=O)N1CCN(c2ccc(F)cc2)CC1. The largest absolute Gasteiger partial charge is 0.368 e. The average molecular weight is 433 g/mol. The molecular weight excluding hydrogens is 399 g/mol. The molecule has 0 aromatic heterocycles. The van der Waals surface area contributed by atoms with Gasteiger partial charge in [-0.25, -0.2) is 4.39 Å². The van der Waals surface area contributed by atoms with Crippen molar-refractivity contribution in [3.8, 4) is 0 Å². The van der Waals surface area contributed by atoms with Gasteiger partial charge in [-0.3, -0.25) is 14.4 Å². The van der Waals surface area contributed by atoms with Crippen LogP contribution in [-0.4, -0.2) is 61.9 Å². The maximum absolute atomic E-state index is 13.1. The molecule has 0 radical (unpaired) electrons. The van der Waals surface area contributed by atoms with E-state index in [1.165, 1.54) is 18.6 Å². The van der Waals surface area contributed by atoms with Crippen molar-refractivity contribution in [2.75, 3.05) is 44.2 Å². The van der Waals surface area contributed by atoms with Gasteiger partial charge in [0.15, 0.2) is 0 Å². The van der Waals surface area contributed by atoms with E-state index in [4.69, 9.17) is 0 Å². The molecule has 170 valence electrons. The lowest BCUT2D eigenvalue weighted by atomic mass is 9.89. The van der Waals surface area contributed by atoms with Crippen LogP contribution >= 0.6 is 0 Å². The van der Waals surface area contributed by atoms with Gasteiger partial charge in [-0.05, 0) is 37.1 Å². The molecule has 7 nitrogen and oxygen atoms in total. The van der Waals surface area contributed by atoms with Crippen LogP contribution in [0.5, 0.6) is 0 Å². The van der Waals surface area contributed by atoms with Crippen molar-refractivity contribution < 1.29 is 18.8 Å². The third-order valence-electron chi connectivity index (χ3n) is 6.11. The molecule has 0 unspecified atom stereocenters. The second-order valence-electron chi connectivity index (χ2n) is 8.32. The highest BCUT2D eigenvalue weighted by Gasteiger charge is 2.22. The van der Waals surface area contributed by atoms with Crippen molar-refractivity contribution in [2.24, 2.45) is 5.92 Å². The van der Waals surface area contributed by atoms with E-state index < -0.39 is 0 Å². The summed E-state index contributed by atoms with van der Waals surface area (Å²) in [7, 11) is 0. The second-order valence-corrected chi connectivity index (χ2v) is 8.32. The molecule has 1 heterocycles. The predicted molar refractivity (Wildman–Crippen MR) is 117 cm³/mol. The van der Waals surface area contributed by atoms with Gasteiger partial charge in [-0.15, -0.1) is 0 Å². The van der Waals surface area contributed by atoms with Gasteiger partial charge in [0.2, 0.25) is 17.7 Å². The Bertz CT molecular complexity index is 742. The van der Waals surface area contributed by atoms with Crippen LogP contribution in [0, 0.1) is 11.7 Å². The fourth-order valence-corrected chi connectivity index (χ4v) is 4.23. The molecule has 3 rings (SSSR count). The minimum Gasteiger partial charge on any atom is -0.368 e. The molecule has 1 aromatic rings. The fourth-order valence-electron chi connectivity index (χ4n) is 4.23. The van der Waals surface area contributed by atoms with Gasteiger partial charge >= 0.3 is 0 Å². The highest BCUT2D eigenvalue weighted by atomic mass is 19.1. The summed E-state index contributed by atoms with van der Waals surface area (Å²) in [5, 5.41) is 5.62. The Balaban J connectivity index is 1.26. The molecule has 8 heteroatoms. The number of nitrogens with zero attached hydrogens (tertiary/aromatic N) is 2. The highest BCUT2D eigenvalue weighted by Crippen LogP contribution is 2.23. The minimum absolute atomic E-state index is 0.0182. The topological polar surface area (TPSA) is 81.8 Å². The molecule has 1 aliphatic carbocycles. The Morgan fingerprint density at radius 2 is 1.52 bits per heavy atom. The number of nitrogens with one attached hydrogen (secondary N) is 2. The Morgan fingerprint density at radius 1 is 0.871 bits per heavy atom. The van der Waals surface area contributed by atoms with Crippen LogP contribution in [0.25, 0.3) is 0 Å². The Kier molecular flexibility index (Phi) is 8.67. The first kappa shape index (κ1) is 23.0. The summed E-state index contributed by atoms with van der Waals surface area (Å²) in [4.78, 5) is 40.4. The van der Waals surface area contributed by atoms with E-state index in [2.05, 4.69) is 15.5 Å². The summed E-state index contributed by atoms with van der Waals surface area (Å²) in [5.41, 5.74) is 0.955. The number of piperazine rings is 1. The standard InChI is InChI=1S/C23H33FN4O3/c24-19-6-8-20(9-7-19)27-14-16-28(17-15-27)22(30)11-13-25-21(29)10-12-26-23(31)18-4-2-1-3-5-18/h6-9,18H,1-5,10-17H2,(H,25,29)(H,26,31). The first-order valence-corrected chi connectivity index (χ1v) is 11.4. The van der Waals surface area contributed by atoms with Gasteiger partial charge in [0.25, 0.3) is 0 Å². The van der Waals surface area contributed by atoms with E-state index in [0.717, 1.165) is 31.4 Å². The molecule has 31 heavy (non-hydrogen) atoms. The molecule has 3 amide bonds. The first-order valence-electron chi connectivity index (χ1n) is 11.4. The Morgan fingerprint density at radius 3 is 2.19 bits per heavy atom. The number of rotatable bonds is 8. The van der Waals surface area contributed by atoms with E-state index in [9.17, 15) is 18.8 Å². The van der Waals surface area contributed by atoms with Crippen molar-refractivity contribution in [1.29, 1.82) is 0 Å². The Labute approximate surface area is 183 Å². The van der Waals surface area contributed by atoms with Crippen LogP contribution in [0.15, 0.2) is 24.3 Å². The molecular formula is C23H33FN4O3. The van der Waals surface area contributed by atoms with Crippen LogP contribution in [-0.2, 0) is 14.4 Å². The zero-order chi connectivity index (χ0) is 22.1. The lowest BCUT2D eigenvalue weighted by Gasteiger charge is -2.36. The molecule has 1 saturated heterocycles. The molecule has 2 aliphatic rings. The molecule has 0 spiro atoms. The number of halogens is 1. The quantitative estimate of drug-likeness (QED) is 0.659. The van der Waals surface area contributed by atoms with Crippen LogP contribution < -0.4 is 15.5 Å². The first-order chi connectivity index (χ1) is 15.0. The van der Waals surface area contributed by atoms with Gasteiger partial charge in [0.1, 0.15) is 5.82 Å². The van der Waals surface area contributed by atoms with Crippen LogP contribution in [0.4, 0.5) is 10.1 Å². The average Bonchev–Trinajstić information content (AvgIpc) is 2.80. The molecule has 2 fully saturated rings. The molecule has 1 saturated carbocycles. The summed E-state index contributed by atoms with van der Waals surface area (Å²) in [6.07, 6.45) is 5.78. The van der Waals surface area contributed by atoms with Gasteiger partial charge in [0.05, 0.1) is 0 Å². The second kappa shape index (κ2) is 11.7. The zero-order valence-electron chi connectivity index (χ0n) is 18.1. The van der Waals surface area contributed by atoms with Crippen molar-refractivity contribution in [3.05, 3.63) is 30.1 Å². The lowest BCUT2D eigenvalue weighted by molar-refractivity contribution is -0.131. The zero-order valence-corrected chi connectivity index (χ0v) is 18.1. The summed E-state index contributed by atoms with van der Waals surface area (Å²) in [5.74, 6) is -0.242. The van der Waals surface area contributed by atoms with Crippen LogP contribution in [0.2, 0.25) is 0 Å². The number of benzene rings is 1. The monoisotopic (exact) mass is 432 g/mol. The van der Waals surface area contributed by atoms with Crippen molar-refractivity contribution in [2.45, 2.75) is 44.9 Å². The van der Waals surface area contributed by atoms with Crippen LogP contribution in [0.3, 0.4) is 0 Å². The van der Waals surface area contributed by atoms with Crippen LogP contribution in [0.1, 0.15) is 44.9 Å². The number of hydrogen-bond acceptors (Lipinski definition) is 4. The summed E-state index contributed by atoms with van der Waals surface area (Å²) in [6.45, 7) is 3.25. The van der Waals surface area contributed by atoms with Gasteiger partial charge in [0, 0.05) is 63.7 Å². The Hall–Kier alpha value is -2.64. The number of hydrogen-bond donors (Lipinski definition) is 2. The maximum Gasteiger partial charge on any atom is 0.224 e. The maximum atomic E-state index is 13.1. The molecule has 1 aromatic carbocycles. The number of anilines is 1. The van der Waals surface area contributed by atoms with E-state index in [0.29, 0.717) is 39.3 Å². The van der Waals surface area contributed by atoms with E-state index in [1.807, 2.05) is 0 Å². The minimum atomic E-state index is -0.258. The normalized spacial score (nSPS) is 17.3. The molecule has 1 aliphatic heterocycles. The summed E-state index contributed by atoms with van der Waals surface area (Å²) < 4.78 is 13.1. The highest BCUT2D eigenvalue weighted by molar-refractivity contribution is 5.81. The van der Waals surface area contributed by atoms with Gasteiger partial charge in [-0.1, -0.05) is 19.3 Å². The molecule has 2 N–H and O–H groups in total. The molecule has 0 atom stereocenters. The van der Waals surface area contributed by atoms with Gasteiger partial charge < -0.3 is 20.4 Å². The van der Waals surface area contributed by atoms with Crippen molar-refractivity contribution in [3.63, 3.8) is 0 Å². The summed E-state index contributed by atoms with van der Waals surface area (Å²) in [6, 6.07) is 6.38.